The van der Waals surface area contributed by atoms with Crippen molar-refractivity contribution in [3.05, 3.63) is 52.6 Å². The van der Waals surface area contributed by atoms with E-state index in [0.29, 0.717) is 16.9 Å². The first kappa shape index (κ1) is 12.5. The molecular weight excluding hydrogens is 289 g/mol. The Balaban J connectivity index is 1.96. The molecule has 0 aliphatic carbocycles. The third kappa shape index (κ3) is 1.81. The van der Waals surface area contributed by atoms with Gasteiger partial charge in [0.1, 0.15) is 11.6 Å². The van der Waals surface area contributed by atoms with E-state index < -0.39 is 10.7 Å². The number of nitro benzene ring substituents is 1. The number of nitro groups is 1. The summed E-state index contributed by atoms with van der Waals surface area (Å²) in [6, 6.07) is 6.99. The summed E-state index contributed by atoms with van der Waals surface area (Å²) in [6.45, 7) is 0. The first-order valence-corrected chi connectivity index (χ1v) is 6.39. The lowest BCUT2D eigenvalue weighted by molar-refractivity contribution is -0.384. The average Bonchev–Trinajstić information content (AvgIpc) is 3.09. The van der Waals surface area contributed by atoms with E-state index in [2.05, 4.69) is 19.9 Å². The van der Waals surface area contributed by atoms with E-state index in [1.807, 2.05) is 6.07 Å². The molecular formula is C14H8FN5O2. The maximum absolute atomic E-state index is 13.2. The van der Waals surface area contributed by atoms with Gasteiger partial charge in [0, 0.05) is 0 Å². The quantitative estimate of drug-likeness (QED) is 0.438. The highest BCUT2D eigenvalue weighted by Crippen LogP contribution is 2.30. The van der Waals surface area contributed by atoms with Crippen molar-refractivity contribution in [1.82, 2.24) is 19.9 Å². The number of H-pyrrole nitrogens is 2. The Kier molecular flexibility index (Phi) is 2.46. The molecule has 7 nitrogen and oxygen atoms in total. The molecule has 8 heteroatoms. The van der Waals surface area contributed by atoms with Gasteiger partial charge in [-0.25, -0.2) is 14.4 Å². The van der Waals surface area contributed by atoms with Crippen LogP contribution < -0.4 is 0 Å². The zero-order valence-electron chi connectivity index (χ0n) is 11.0. The van der Waals surface area contributed by atoms with E-state index in [4.69, 9.17) is 0 Å². The molecule has 0 aliphatic heterocycles. The fourth-order valence-electron chi connectivity index (χ4n) is 2.42. The number of benzene rings is 2. The number of nitrogens with zero attached hydrogens (tertiary/aromatic N) is 3. The standard InChI is InChI=1S/C14H8FN5O2/c15-7-1-2-8(13(3-7)20(21)22)14-18-11-4-9-10(17-6-16-9)5-12(11)19-14/h1-6H,(H,16,17)(H,18,19). The monoisotopic (exact) mass is 297 g/mol. The largest absolute Gasteiger partial charge is 0.345 e. The van der Waals surface area contributed by atoms with Crippen LogP contribution in [0.4, 0.5) is 10.1 Å². The van der Waals surface area contributed by atoms with Gasteiger partial charge in [0.15, 0.2) is 0 Å². The topological polar surface area (TPSA) is 100 Å². The minimum Gasteiger partial charge on any atom is -0.345 e. The van der Waals surface area contributed by atoms with Crippen molar-refractivity contribution in [2.45, 2.75) is 0 Å². The summed E-state index contributed by atoms with van der Waals surface area (Å²) >= 11 is 0. The van der Waals surface area contributed by atoms with Crippen LogP contribution in [0.3, 0.4) is 0 Å². The van der Waals surface area contributed by atoms with Crippen molar-refractivity contribution in [1.29, 1.82) is 0 Å². The van der Waals surface area contributed by atoms with Gasteiger partial charge in [0.05, 0.1) is 44.9 Å². The normalized spacial score (nSPS) is 11.3. The maximum atomic E-state index is 13.2. The molecule has 2 aromatic carbocycles. The summed E-state index contributed by atoms with van der Waals surface area (Å²) in [7, 11) is 0. The van der Waals surface area contributed by atoms with Crippen molar-refractivity contribution in [2.24, 2.45) is 0 Å². The highest BCUT2D eigenvalue weighted by Gasteiger charge is 2.19. The molecule has 2 heterocycles. The molecule has 0 atom stereocenters. The molecule has 0 aliphatic rings. The van der Waals surface area contributed by atoms with Crippen LogP contribution in [0.1, 0.15) is 0 Å². The van der Waals surface area contributed by atoms with Crippen molar-refractivity contribution >= 4 is 27.8 Å². The molecule has 0 unspecified atom stereocenters. The Morgan fingerprint density at radius 2 is 2.00 bits per heavy atom. The van der Waals surface area contributed by atoms with Crippen molar-refractivity contribution < 1.29 is 9.31 Å². The minimum absolute atomic E-state index is 0.235. The lowest BCUT2D eigenvalue weighted by Gasteiger charge is -1.99. The summed E-state index contributed by atoms with van der Waals surface area (Å²) in [5, 5.41) is 11.1. The lowest BCUT2D eigenvalue weighted by atomic mass is 10.1. The van der Waals surface area contributed by atoms with Crippen LogP contribution in [0.15, 0.2) is 36.7 Å². The number of aromatic amines is 2. The number of nitrogens with one attached hydrogen (secondary N) is 2. The SMILES string of the molecule is O=[N+]([O-])c1cc(F)ccc1-c1nc2cc3nc[nH]c3cc2[nH]1. The van der Waals surface area contributed by atoms with Gasteiger partial charge < -0.3 is 9.97 Å². The van der Waals surface area contributed by atoms with Gasteiger partial charge >= 0.3 is 0 Å². The molecule has 0 saturated heterocycles. The second-order valence-electron chi connectivity index (χ2n) is 4.79. The predicted molar refractivity (Wildman–Crippen MR) is 77.8 cm³/mol. The third-order valence-corrected chi connectivity index (χ3v) is 3.43. The zero-order valence-corrected chi connectivity index (χ0v) is 11.0. The number of hydrogen-bond donors (Lipinski definition) is 2. The van der Waals surface area contributed by atoms with Crippen LogP contribution in [0.25, 0.3) is 33.5 Å². The Morgan fingerprint density at radius 1 is 1.14 bits per heavy atom. The Bertz CT molecular complexity index is 988. The summed E-state index contributed by atoms with van der Waals surface area (Å²) in [6.07, 6.45) is 1.58. The van der Waals surface area contributed by atoms with Crippen molar-refractivity contribution in [3.63, 3.8) is 0 Å². The second-order valence-corrected chi connectivity index (χ2v) is 4.79. The number of rotatable bonds is 2. The van der Waals surface area contributed by atoms with Gasteiger partial charge in [-0.2, -0.15) is 0 Å². The molecule has 2 aromatic heterocycles. The molecule has 0 fully saturated rings. The van der Waals surface area contributed by atoms with Gasteiger partial charge in [0.2, 0.25) is 0 Å². The summed E-state index contributed by atoms with van der Waals surface area (Å²) in [5.74, 6) is -0.349. The fourth-order valence-corrected chi connectivity index (χ4v) is 2.42. The molecule has 0 bridgehead atoms. The van der Waals surface area contributed by atoms with Crippen LogP contribution in [-0.2, 0) is 0 Å². The van der Waals surface area contributed by atoms with Crippen LogP contribution in [0.2, 0.25) is 0 Å². The molecule has 4 aromatic rings. The van der Waals surface area contributed by atoms with Gasteiger partial charge in [-0.1, -0.05) is 0 Å². The molecule has 0 spiro atoms. The molecule has 0 saturated carbocycles. The highest BCUT2D eigenvalue weighted by atomic mass is 19.1. The minimum atomic E-state index is -0.663. The van der Waals surface area contributed by atoms with E-state index in [1.54, 1.807) is 12.4 Å². The summed E-state index contributed by atoms with van der Waals surface area (Å²) in [4.78, 5) is 25.0. The highest BCUT2D eigenvalue weighted by molar-refractivity contribution is 5.92. The van der Waals surface area contributed by atoms with E-state index in [-0.39, 0.29) is 11.3 Å². The molecule has 0 amide bonds. The van der Waals surface area contributed by atoms with Crippen LogP contribution >= 0.6 is 0 Å². The lowest BCUT2D eigenvalue weighted by Crippen LogP contribution is -1.94. The first-order valence-electron chi connectivity index (χ1n) is 6.39. The van der Waals surface area contributed by atoms with E-state index in [1.165, 1.54) is 12.1 Å². The van der Waals surface area contributed by atoms with Crippen molar-refractivity contribution in [2.75, 3.05) is 0 Å². The maximum Gasteiger partial charge on any atom is 0.283 e. The molecule has 108 valence electrons. The second kappa shape index (κ2) is 4.35. The summed E-state index contributed by atoms with van der Waals surface area (Å²) < 4.78 is 13.2. The van der Waals surface area contributed by atoms with Gasteiger partial charge in [-0.15, -0.1) is 0 Å². The average molecular weight is 297 g/mol. The van der Waals surface area contributed by atoms with Crippen LogP contribution in [0, 0.1) is 15.9 Å². The number of fused-ring (bicyclic) bond motifs is 2. The van der Waals surface area contributed by atoms with E-state index in [0.717, 1.165) is 17.1 Å². The Hall–Kier alpha value is -3.29. The van der Waals surface area contributed by atoms with Gasteiger partial charge in [-0.05, 0) is 24.3 Å². The number of imidazole rings is 2. The predicted octanol–water partition coefficient (Wildman–Crippen LogP) is 3.15. The summed E-state index contributed by atoms with van der Waals surface area (Å²) in [5.41, 5.74) is 2.83. The van der Waals surface area contributed by atoms with E-state index >= 15 is 0 Å². The first-order chi connectivity index (χ1) is 10.6. The number of hydrogen-bond acceptors (Lipinski definition) is 4. The Morgan fingerprint density at radius 3 is 2.82 bits per heavy atom. The van der Waals surface area contributed by atoms with Crippen molar-refractivity contribution in [3.8, 4) is 11.4 Å². The van der Waals surface area contributed by atoms with Crippen LogP contribution in [-0.4, -0.2) is 24.9 Å². The molecule has 0 radical (unpaired) electrons. The van der Waals surface area contributed by atoms with Gasteiger partial charge in [-0.3, -0.25) is 10.1 Å². The van der Waals surface area contributed by atoms with E-state index in [9.17, 15) is 14.5 Å². The number of halogens is 1. The van der Waals surface area contributed by atoms with Gasteiger partial charge in [0.25, 0.3) is 5.69 Å². The molecule has 4 rings (SSSR count). The molecule has 22 heavy (non-hydrogen) atoms. The Labute approximate surface area is 122 Å². The third-order valence-electron chi connectivity index (χ3n) is 3.43. The zero-order chi connectivity index (χ0) is 15.3. The number of aromatic nitrogens is 4. The smallest absolute Gasteiger partial charge is 0.283 e. The fraction of sp³-hybridized carbons (Fsp3) is 0. The molecule has 2 N–H and O–H groups in total. The van der Waals surface area contributed by atoms with Crippen LogP contribution in [0.5, 0.6) is 0 Å².